The van der Waals surface area contributed by atoms with Crippen LogP contribution in [0.5, 0.6) is 0 Å². The van der Waals surface area contributed by atoms with Crippen molar-refractivity contribution in [1.29, 1.82) is 0 Å². The van der Waals surface area contributed by atoms with Crippen molar-refractivity contribution in [1.82, 2.24) is 5.32 Å². The van der Waals surface area contributed by atoms with Crippen LogP contribution in [0.2, 0.25) is 0 Å². The van der Waals surface area contributed by atoms with Crippen LogP contribution in [0, 0.1) is 0 Å². The van der Waals surface area contributed by atoms with E-state index < -0.39 is 40.0 Å². The molecule has 0 aliphatic heterocycles. The summed E-state index contributed by atoms with van der Waals surface area (Å²) in [4.78, 5) is 12.5. The van der Waals surface area contributed by atoms with Gasteiger partial charge in [-0.25, -0.2) is 0 Å². The molecule has 3 unspecified atom stereocenters. The van der Waals surface area contributed by atoms with E-state index in [0.717, 1.165) is 38.5 Å². The minimum absolute atomic E-state index is 0.282. The van der Waals surface area contributed by atoms with Gasteiger partial charge in [0, 0.05) is 0 Å². The number of nitrogens with one attached hydrogen (secondary N) is 1. The average molecular weight is 646 g/mol. The van der Waals surface area contributed by atoms with Gasteiger partial charge in [-0.05, 0) is 19.3 Å². The molecule has 0 aliphatic carbocycles. The lowest BCUT2D eigenvalue weighted by Gasteiger charge is -2.22. The molecule has 44 heavy (non-hydrogen) atoms. The molecule has 0 fully saturated rings. The molecule has 0 saturated heterocycles. The lowest BCUT2D eigenvalue weighted by atomic mass is 10.0. The van der Waals surface area contributed by atoms with Crippen LogP contribution >= 0.6 is 0 Å². The first-order chi connectivity index (χ1) is 21.2. The molecule has 3 atom stereocenters. The van der Waals surface area contributed by atoms with E-state index in [1.54, 1.807) is 6.08 Å². The predicted molar refractivity (Wildman–Crippen MR) is 186 cm³/mol. The zero-order valence-corrected chi connectivity index (χ0v) is 29.5. The van der Waals surface area contributed by atoms with Gasteiger partial charge in [0.2, 0.25) is 5.91 Å². The summed E-state index contributed by atoms with van der Waals surface area (Å²) in [5.74, 6) is -1.53. The molecule has 0 aromatic rings. The Bertz CT molecular complexity index is 773. The molecule has 4 N–H and O–H groups in total. The van der Waals surface area contributed by atoms with E-state index in [-0.39, 0.29) is 6.42 Å². The summed E-state index contributed by atoms with van der Waals surface area (Å²) in [6.45, 7) is 4.45. The molecular weight excluding hydrogens is 574 g/mol. The Kier molecular flexibility index (Phi) is 30.0. The third-order valence-corrected chi connectivity index (χ3v) is 9.35. The summed E-state index contributed by atoms with van der Waals surface area (Å²) in [5.41, 5.74) is 0. The molecule has 0 bridgehead atoms. The normalized spacial score (nSPS) is 14.2. The van der Waals surface area contributed by atoms with Gasteiger partial charge in [0.15, 0.2) is 0 Å². The van der Waals surface area contributed by atoms with Crippen molar-refractivity contribution >= 4 is 16.0 Å². The summed E-state index contributed by atoms with van der Waals surface area (Å²) in [6, 6.07) is -1.22. The zero-order chi connectivity index (χ0) is 32.7. The van der Waals surface area contributed by atoms with Gasteiger partial charge in [0.25, 0.3) is 10.1 Å². The average Bonchev–Trinajstić information content (AvgIpc) is 2.98. The van der Waals surface area contributed by atoms with Crippen LogP contribution in [0.3, 0.4) is 0 Å². The Hall–Kier alpha value is -0.960. The number of hydrogen-bond donors (Lipinski definition) is 4. The van der Waals surface area contributed by atoms with Gasteiger partial charge in [0.05, 0.1) is 17.9 Å². The van der Waals surface area contributed by atoms with Gasteiger partial charge < -0.3 is 15.5 Å². The lowest BCUT2D eigenvalue weighted by Crippen LogP contribution is -2.50. The van der Waals surface area contributed by atoms with E-state index in [9.17, 15) is 28.0 Å². The van der Waals surface area contributed by atoms with Gasteiger partial charge in [-0.3, -0.25) is 9.35 Å². The van der Waals surface area contributed by atoms with E-state index in [0.29, 0.717) is 6.42 Å². The second-order valence-corrected chi connectivity index (χ2v) is 14.5. The van der Waals surface area contributed by atoms with Crippen molar-refractivity contribution < 1.29 is 28.0 Å². The third-order valence-electron chi connectivity index (χ3n) is 8.57. The van der Waals surface area contributed by atoms with E-state index in [1.165, 1.54) is 128 Å². The van der Waals surface area contributed by atoms with E-state index in [2.05, 4.69) is 19.2 Å². The zero-order valence-electron chi connectivity index (χ0n) is 28.7. The second-order valence-electron chi connectivity index (χ2n) is 13.0. The largest absolute Gasteiger partial charge is 0.387 e. The van der Waals surface area contributed by atoms with E-state index in [1.807, 2.05) is 0 Å². The summed E-state index contributed by atoms with van der Waals surface area (Å²) >= 11 is 0. The monoisotopic (exact) mass is 646 g/mol. The number of aliphatic hydroxyl groups excluding tert-OH is 2. The number of hydrogen-bond acceptors (Lipinski definition) is 5. The summed E-state index contributed by atoms with van der Waals surface area (Å²) < 4.78 is 32.3. The van der Waals surface area contributed by atoms with Gasteiger partial charge in [0.1, 0.15) is 6.10 Å². The van der Waals surface area contributed by atoms with Crippen molar-refractivity contribution in [3.05, 3.63) is 12.2 Å². The molecule has 0 heterocycles. The Balaban J connectivity index is 4.02. The minimum atomic E-state index is -4.43. The number of carbonyl (C=O) groups is 1. The summed E-state index contributed by atoms with van der Waals surface area (Å²) in [6.07, 6.45) is 32.9. The highest BCUT2D eigenvalue weighted by molar-refractivity contribution is 7.85. The first-order valence-electron chi connectivity index (χ1n) is 18.5. The van der Waals surface area contributed by atoms with Crippen LogP contribution in [-0.2, 0) is 14.9 Å². The fourth-order valence-electron chi connectivity index (χ4n) is 5.69. The molecule has 1 amide bonds. The van der Waals surface area contributed by atoms with E-state index >= 15 is 0 Å². The Morgan fingerprint density at radius 3 is 1.36 bits per heavy atom. The first-order valence-corrected chi connectivity index (χ1v) is 20.1. The SMILES string of the molecule is CCCCCCCCCCCCCCCCCCC/C=C/C(O)C(CS(=O)(=O)O)NC(=O)C(O)CCCCCCCCCC. The standard InChI is InChI=1S/C36H71NO6S/c1-3-5-7-9-11-13-14-15-16-17-18-19-20-21-22-23-25-26-28-30-34(38)33(32-44(41,42)43)37-36(40)35(39)31-29-27-24-12-10-8-6-4-2/h28,30,33-35,38-39H,3-27,29,31-32H2,1-2H3,(H,37,40)(H,41,42,43)/b30-28+. The Morgan fingerprint density at radius 1 is 0.614 bits per heavy atom. The van der Waals surface area contributed by atoms with Gasteiger partial charge in [-0.1, -0.05) is 180 Å². The van der Waals surface area contributed by atoms with Crippen molar-refractivity contribution in [2.45, 2.75) is 205 Å². The highest BCUT2D eigenvalue weighted by Gasteiger charge is 2.27. The van der Waals surface area contributed by atoms with Crippen LogP contribution < -0.4 is 5.32 Å². The van der Waals surface area contributed by atoms with Crippen LogP contribution in [-0.4, -0.2) is 53.1 Å². The molecule has 0 rings (SSSR count). The lowest BCUT2D eigenvalue weighted by molar-refractivity contribution is -0.130. The Labute approximate surface area is 272 Å². The number of unbranched alkanes of at least 4 members (excludes halogenated alkanes) is 24. The topological polar surface area (TPSA) is 124 Å². The highest BCUT2D eigenvalue weighted by Crippen LogP contribution is 2.15. The Morgan fingerprint density at radius 2 is 0.977 bits per heavy atom. The molecular formula is C36H71NO6S. The smallest absolute Gasteiger partial charge is 0.267 e. The van der Waals surface area contributed by atoms with Crippen LogP contribution in [0.15, 0.2) is 12.2 Å². The summed E-state index contributed by atoms with van der Waals surface area (Å²) in [5, 5.41) is 23.2. The maximum Gasteiger partial charge on any atom is 0.267 e. The van der Waals surface area contributed by atoms with Crippen molar-refractivity contribution in [3.8, 4) is 0 Å². The maximum absolute atomic E-state index is 12.5. The predicted octanol–water partition coefficient (Wildman–Crippen LogP) is 9.21. The molecule has 262 valence electrons. The fourth-order valence-corrected chi connectivity index (χ4v) is 6.43. The second kappa shape index (κ2) is 30.7. The molecule has 0 aromatic carbocycles. The quantitative estimate of drug-likeness (QED) is 0.0320. The number of carbonyl (C=O) groups excluding carboxylic acids is 1. The van der Waals surface area contributed by atoms with Gasteiger partial charge in [-0.15, -0.1) is 0 Å². The van der Waals surface area contributed by atoms with Crippen molar-refractivity contribution in [3.63, 3.8) is 0 Å². The molecule has 7 nitrogen and oxygen atoms in total. The molecule has 0 saturated carbocycles. The molecule has 8 heteroatoms. The van der Waals surface area contributed by atoms with Gasteiger partial charge >= 0.3 is 0 Å². The molecule has 0 aromatic heterocycles. The highest BCUT2D eigenvalue weighted by atomic mass is 32.2. The number of allylic oxidation sites excluding steroid dienone is 1. The number of amides is 1. The van der Waals surface area contributed by atoms with Gasteiger partial charge in [-0.2, -0.15) is 8.42 Å². The number of aliphatic hydroxyl groups is 2. The van der Waals surface area contributed by atoms with Crippen LogP contribution in [0.4, 0.5) is 0 Å². The van der Waals surface area contributed by atoms with E-state index in [4.69, 9.17) is 0 Å². The number of rotatable bonds is 33. The maximum atomic E-state index is 12.5. The summed E-state index contributed by atoms with van der Waals surface area (Å²) in [7, 11) is -4.43. The van der Waals surface area contributed by atoms with Crippen molar-refractivity contribution in [2.75, 3.05) is 5.75 Å². The molecule has 0 aliphatic rings. The van der Waals surface area contributed by atoms with Crippen LogP contribution in [0.1, 0.15) is 187 Å². The first kappa shape index (κ1) is 43.0. The molecule has 0 spiro atoms. The fraction of sp³-hybridized carbons (Fsp3) is 0.917. The van der Waals surface area contributed by atoms with Crippen LogP contribution in [0.25, 0.3) is 0 Å². The van der Waals surface area contributed by atoms with Crippen molar-refractivity contribution in [2.24, 2.45) is 0 Å². The molecule has 0 radical (unpaired) electrons. The third kappa shape index (κ3) is 29.7. The minimum Gasteiger partial charge on any atom is -0.387 e.